The van der Waals surface area contributed by atoms with E-state index < -0.39 is 11.9 Å². The Labute approximate surface area is 181 Å². The number of ether oxygens (including phenoxy) is 2. The number of hydrogen-bond donors (Lipinski definition) is 3. The average molecular weight is 477 g/mol. The number of methoxy groups -OCH3 is 1. The fraction of sp³-hybridized carbons (Fsp3) is 0.238. The molecule has 3 aromatic rings. The van der Waals surface area contributed by atoms with Crippen LogP contribution in [0.1, 0.15) is 16.8 Å². The van der Waals surface area contributed by atoms with Gasteiger partial charge in [0, 0.05) is 24.9 Å². The zero-order chi connectivity index (χ0) is 21.5. The molecule has 0 aliphatic rings. The topological polar surface area (TPSA) is 102 Å². The van der Waals surface area contributed by atoms with E-state index in [1.54, 1.807) is 31.8 Å². The minimum Gasteiger partial charge on any atom is -0.493 e. The number of imidazole rings is 1. The van der Waals surface area contributed by atoms with E-state index in [0.29, 0.717) is 34.5 Å². The van der Waals surface area contributed by atoms with Crippen LogP contribution in [0.25, 0.3) is 0 Å². The Hall–Kier alpha value is -2.91. The molecule has 0 spiro atoms. The fourth-order valence-corrected chi connectivity index (χ4v) is 3.53. The van der Waals surface area contributed by atoms with E-state index in [0.717, 1.165) is 11.3 Å². The molecule has 0 aliphatic carbocycles. The number of aromatic amines is 1. The number of rotatable bonds is 10. The number of nitrogens with one attached hydrogen (secondary N) is 2. The van der Waals surface area contributed by atoms with E-state index in [9.17, 15) is 9.18 Å². The third-order valence-corrected chi connectivity index (χ3v) is 5.03. The number of nitrogens with two attached hydrogens (primary N) is 1. The van der Waals surface area contributed by atoms with Gasteiger partial charge in [0.1, 0.15) is 12.4 Å². The molecule has 0 radical (unpaired) electrons. The lowest BCUT2D eigenvalue weighted by Gasteiger charge is -2.17. The minimum atomic E-state index is -0.556. The molecule has 0 bridgehead atoms. The van der Waals surface area contributed by atoms with E-state index in [-0.39, 0.29) is 12.4 Å². The maximum absolute atomic E-state index is 13.4. The second-order valence-corrected chi connectivity index (χ2v) is 7.50. The highest BCUT2D eigenvalue weighted by Gasteiger charge is 2.18. The lowest BCUT2D eigenvalue weighted by Crippen LogP contribution is -2.42. The summed E-state index contributed by atoms with van der Waals surface area (Å²) in [5, 5.41) is 3.15. The Morgan fingerprint density at radius 2 is 2.17 bits per heavy atom. The van der Waals surface area contributed by atoms with Crippen LogP contribution in [0, 0.1) is 5.82 Å². The number of carbonyl (C=O) groups excluding carboxylic acids is 1. The standard InChI is InChI=1S/C21H22BrFN4O3/c1-29-19-7-14(9-26-18(21(24)28)8-16-10-25-12-27-16)6-17(22)20(19)30-11-13-3-2-4-15(23)5-13/h2-7,10,12,18,26H,8-9,11H2,1H3,(H2,24,28)(H,25,27). The highest BCUT2D eigenvalue weighted by molar-refractivity contribution is 9.10. The summed E-state index contributed by atoms with van der Waals surface area (Å²) in [5.41, 5.74) is 7.90. The fourth-order valence-electron chi connectivity index (χ4n) is 2.93. The van der Waals surface area contributed by atoms with Crippen molar-refractivity contribution in [3.63, 3.8) is 0 Å². The predicted octanol–water partition coefficient (Wildman–Crippen LogP) is 3.09. The maximum atomic E-state index is 13.4. The molecule has 1 atom stereocenters. The van der Waals surface area contributed by atoms with Crippen LogP contribution in [0.5, 0.6) is 11.5 Å². The van der Waals surface area contributed by atoms with Gasteiger partial charge < -0.3 is 25.5 Å². The Morgan fingerprint density at radius 1 is 1.33 bits per heavy atom. The van der Waals surface area contributed by atoms with Crippen molar-refractivity contribution in [2.75, 3.05) is 7.11 Å². The normalized spacial score (nSPS) is 11.8. The van der Waals surface area contributed by atoms with Crippen LogP contribution in [0.15, 0.2) is 53.4 Å². The highest BCUT2D eigenvalue weighted by atomic mass is 79.9. The molecular weight excluding hydrogens is 455 g/mol. The number of nitrogens with zero attached hydrogens (tertiary/aromatic N) is 1. The molecule has 158 valence electrons. The summed E-state index contributed by atoms with van der Waals surface area (Å²) in [6.07, 6.45) is 3.61. The minimum absolute atomic E-state index is 0.193. The van der Waals surface area contributed by atoms with E-state index >= 15 is 0 Å². The first-order chi connectivity index (χ1) is 14.5. The molecule has 2 aromatic carbocycles. The third-order valence-electron chi connectivity index (χ3n) is 4.44. The van der Waals surface area contributed by atoms with E-state index in [1.165, 1.54) is 12.1 Å². The largest absolute Gasteiger partial charge is 0.493 e. The molecule has 3 rings (SSSR count). The third kappa shape index (κ3) is 5.80. The predicted molar refractivity (Wildman–Crippen MR) is 114 cm³/mol. The second kappa shape index (κ2) is 10.2. The summed E-state index contributed by atoms with van der Waals surface area (Å²) in [5.74, 6) is 0.254. The molecule has 0 saturated heterocycles. The van der Waals surface area contributed by atoms with Crippen molar-refractivity contribution < 1.29 is 18.7 Å². The lowest BCUT2D eigenvalue weighted by atomic mass is 10.1. The van der Waals surface area contributed by atoms with Gasteiger partial charge in [0.25, 0.3) is 0 Å². The molecule has 0 aliphatic heterocycles. The van der Waals surface area contributed by atoms with E-state index in [1.807, 2.05) is 12.1 Å². The molecule has 7 nitrogen and oxygen atoms in total. The van der Waals surface area contributed by atoms with E-state index in [2.05, 4.69) is 31.2 Å². The van der Waals surface area contributed by atoms with Gasteiger partial charge in [0.2, 0.25) is 5.91 Å². The molecule has 1 aromatic heterocycles. The van der Waals surface area contributed by atoms with Gasteiger partial charge in [-0.15, -0.1) is 0 Å². The van der Waals surface area contributed by atoms with Crippen LogP contribution >= 0.6 is 15.9 Å². The van der Waals surface area contributed by atoms with Crippen LogP contribution in [-0.2, 0) is 24.4 Å². The summed E-state index contributed by atoms with van der Waals surface area (Å²) in [4.78, 5) is 18.7. The van der Waals surface area contributed by atoms with Crippen LogP contribution in [0.2, 0.25) is 0 Å². The average Bonchev–Trinajstić information content (AvgIpc) is 3.23. The number of benzene rings is 2. The number of carbonyl (C=O) groups is 1. The maximum Gasteiger partial charge on any atom is 0.234 e. The highest BCUT2D eigenvalue weighted by Crippen LogP contribution is 2.37. The van der Waals surface area contributed by atoms with Crippen molar-refractivity contribution in [3.8, 4) is 11.5 Å². The molecule has 1 amide bonds. The molecule has 1 heterocycles. The SMILES string of the molecule is COc1cc(CNC(Cc2cnc[nH]2)C(N)=O)cc(Br)c1OCc1cccc(F)c1. The molecular formula is C21H22BrFN4O3. The summed E-state index contributed by atoms with van der Waals surface area (Å²) < 4.78 is 25.3. The quantitative estimate of drug-likeness (QED) is 0.417. The van der Waals surface area contributed by atoms with Crippen molar-refractivity contribution in [1.82, 2.24) is 15.3 Å². The summed E-state index contributed by atoms with van der Waals surface area (Å²) >= 11 is 3.50. The number of amides is 1. The van der Waals surface area contributed by atoms with Gasteiger partial charge in [-0.2, -0.15) is 0 Å². The van der Waals surface area contributed by atoms with Crippen LogP contribution in [-0.4, -0.2) is 29.0 Å². The van der Waals surface area contributed by atoms with Gasteiger partial charge in [-0.05, 0) is 51.3 Å². The van der Waals surface area contributed by atoms with Gasteiger partial charge in [-0.25, -0.2) is 9.37 Å². The summed E-state index contributed by atoms with van der Waals surface area (Å²) in [6, 6.07) is 9.34. The van der Waals surface area contributed by atoms with Crippen molar-refractivity contribution in [2.45, 2.75) is 25.6 Å². The first-order valence-corrected chi connectivity index (χ1v) is 9.99. The smallest absolute Gasteiger partial charge is 0.234 e. The second-order valence-electron chi connectivity index (χ2n) is 6.64. The molecule has 0 fully saturated rings. The van der Waals surface area contributed by atoms with Crippen molar-refractivity contribution >= 4 is 21.8 Å². The summed E-state index contributed by atoms with van der Waals surface area (Å²) in [6.45, 7) is 0.582. The molecule has 30 heavy (non-hydrogen) atoms. The number of halogens is 2. The number of hydrogen-bond acceptors (Lipinski definition) is 5. The zero-order valence-corrected chi connectivity index (χ0v) is 17.9. The molecule has 9 heteroatoms. The van der Waals surface area contributed by atoms with Crippen molar-refractivity contribution in [2.24, 2.45) is 5.73 Å². The summed E-state index contributed by atoms with van der Waals surface area (Å²) in [7, 11) is 1.54. The van der Waals surface area contributed by atoms with Gasteiger partial charge in [-0.1, -0.05) is 12.1 Å². The van der Waals surface area contributed by atoms with Gasteiger partial charge in [0.15, 0.2) is 11.5 Å². The van der Waals surface area contributed by atoms with Crippen LogP contribution in [0.3, 0.4) is 0 Å². The Kier molecular flexibility index (Phi) is 7.42. The van der Waals surface area contributed by atoms with Crippen LogP contribution in [0.4, 0.5) is 4.39 Å². The monoisotopic (exact) mass is 476 g/mol. The number of aromatic nitrogens is 2. The van der Waals surface area contributed by atoms with Crippen molar-refractivity contribution in [3.05, 3.63) is 76.0 Å². The molecule has 0 saturated carbocycles. The van der Waals surface area contributed by atoms with Gasteiger partial charge in [0.05, 0.1) is 24.0 Å². The molecule has 1 unspecified atom stereocenters. The van der Waals surface area contributed by atoms with E-state index in [4.69, 9.17) is 15.2 Å². The zero-order valence-electron chi connectivity index (χ0n) is 16.3. The number of primary amides is 1. The van der Waals surface area contributed by atoms with Crippen molar-refractivity contribution in [1.29, 1.82) is 0 Å². The van der Waals surface area contributed by atoms with Crippen LogP contribution < -0.4 is 20.5 Å². The Morgan fingerprint density at radius 3 is 2.83 bits per heavy atom. The lowest BCUT2D eigenvalue weighted by molar-refractivity contribution is -0.120. The number of H-pyrrole nitrogens is 1. The molecule has 4 N–H and O–H groups in total. The van der Waals surface area contributed by atoms with Gasteiger partial charge >= 0.3 is 0 Å². The first-order valence-electron chi connectivity index (χ1n) is 9.20. The first kappa shape index (κ1) is 21.8. The Balaban J connectivity index is 1.68. The Bertz CT molecular complexity index is 998. The van der Waals surface area contributed by atoms with Gasteiger partial charge in [-0.3, -0.25) is 4.79 Å².